The minimum atomic E-state index is 0.141. The van der Waals surface area contributed by atoms with Gasteiger partial charge in [-0.3, -0.25) is 0 Å². The maximum atomic E-state index is 9.99. The normalized spacial score (nSPS) is 25.8. The lowest BCUT2D eigenvalue weighted by Gasteiger charge is -2.50. The summed E-state index contributed by atoms with van der Waals surface area (Å²) in [6.07, 6.45) is 11.7. The van der Waals surface area contributed by atoms with Crippen LogP contribution < -0.4 is 0 Å². The molecule has 0 aromatic heterocycles. The molecule has 142 valence electrons. The van der Waals surface area contributed by atoms with Crippen LogP contribution in [-0.2, 0) is 18.3 Å². The van der Waals surface area contributed by atoms with Gasteiger partial charge in [-0.2, -0.15) is 0 Å². The number of rotatable bonds is 4. The average molecular weight is 363 g/mol. The molecule has 1 unspecified atom stereocenters. The molecule has 1 saturated carbocycles. The first-order chi connectivity index (χ1) is 13.1. The zero-order chi connectivity index (χ0) is 18.9. The summed E-state index contributed by atoms with van der Waals surface area (Å²) in [7, 11) is 0. The van der Waals surface area contributed by atoms with E-state index in [1.165, 1.54) is 55.2 Å². The van der Waals surface area contributed by atoms with Crippen molar-refractivity contribution in [3.63, 3.8) is 0 Å². The Labute approximate surface area is 162 Å². The van der Waals surface area contributed by atoms with Gasteiger partial charge in [-0.05, 0) is 91.8 Å². The van der Waals surface area contributed by atoms with Gasteiger partial charge in [0.15, 0.2) is 0 Å². The number of fused-ring (bicyclic) bond motifs is 3. The second kappa shape index (κ2) is 7.42. The summed E-state index contributed by atoms with van der Waals surface area (Å²) in [6.45, 7) is 2.25. The fourth-order valence-corrected chi connectivity index (χ4v) is 5.38. The van der Waals surface area contributed by atoms with Crippen LogP contribution >= 0.6 is 0 Å². The molecule has 2 aromatic rings. The standard InChI is InChI=1S/C25H30O2/c1-2-3-4-18-13-14-25(17-19-5-9-22(26)10-6-19)21(15-18)8-7-20-16-23(27)11-12-24(20)25/h4-6,9-12,16,21,26-27H,2-3,7-8,13-15,17H2,1H3/b18-4-/t21?,25-/m0/s1. The highest BCUT2D eigenvalue weighted by Crippen LogP contribution is 2.53. The molecular formula is C25H30O2. The van der Waals surface area contributed by atoms with E-state index >= 15 is 0 Å². The van der Waals surface area contributed by atoms with E-state index in [4.69, 9.17) is 0 Å². The largest absolute Gasteiger partial charge is 0.508 e. The minimum absolute atomic E-state index is 0.141. The van der Waals surface area contributed by atoms with Gasteiger partial charge < -0.3 is 10.2 Å². The van der Waals surface area contributed by atoms with Crippen molar-refractivity contribution in [1.82, 2.24) is 0 Å². The van der Waals surface area contributed by atoms with Crippen LogP contribution in [-0.4, -0.2) is 10.2 Å². The monoisotopic (exact) mass is 362 g/mol. The number of unbranched alkanes of at least 4 members (excludes halogenated alkanes) is 1. The molecule has 2 aromatic carbocycles. The second-order valence-corrected chi connectivity index (χ2v) is 8.43. The lowest BCUT2D eigenvalue weighted by Crippen LogP contribution is -2.44. The summed E-state index contributed by atoms with van der Waals surface area (Å²) >= 11 is 0. The Hall–Kier alpha value is -2.22. The molecule has 1 fully saturated rings. The van der Waals surface area contributed by atoms with Crippen LogP contribution in [0.2, 0.25) is 0 Å². The Balaban J connectivity index is 1.73. The van der Waals surface area contributed by atoms with Crippen LogP contribution in [0.4, 0.5) is 0 Å². The molecule has 2 heteroatoms. The van der Waals surface area contributed by atoms with Crippen LogP contribution in [0, 0.1) is 5.92 Å². The van der Waals surface area contributed by atoms with Gasteiger partial charge in [0, 0.05) is 5.41 Å². The highest BCUT2D eigenvalue weighted by Gasteiger charge is 2.46. The molecule has 0 spiro atoms. The van der Waals surface area contributed by atoms with Crippen LogP contribution in [0.1, 0.15) is 62.1 Å². The lowest BCUT2D eigenvalue weighted by atomic mass is 9.54. The Bertz CT molecular complexity index is 834. The average Bonchev–Trinajstić information content (AvgIpc) is 2.68. The van der Waals surface area contributed by atoms with E-state index in [9.17, 15) is 10.2 Å². The first kappa shape index (κ1) is 18.2. The molecule has 2 nitrogen and oxygen atoms in total. The van der Waals surface area contributed by atoms with Crippen molar-refractivity contribution in [1.29, 1.82) is 0 Å². The van der Waals surface area contributed by atoms with E-state index in [1.54, 1.807) is 17.7 Å². The predicted molar refractivity (Wildman–Crippen MR) is 110 cm³/mol. The summed E-state index contributed by atoms with van der Waals surface area (Å²) in [4.78, 5) is 0. The van der Waals surface area contributed by atoms with Crippen molar-refractivity contribution < 1.29 is 10.2 Å². The highest BCUT2D eigenvalue weighted by atomic mass is 16.3. The number of aryl methyl sites for hydroxylation is 1. The number of aromatic hydroxyl groups is 2. The zero-order valence-corrected chi connectivity index (χ0v) is 16.2. The maximum Gasteiger partial charge on any atom is 0.115 e. The van der Waals surface area contributed by atoms with Gasteiger partial charge >= 0.3 is 0 Å². The third-order valence-corrected chi connectivity index (χ3v) is 6.75. The van der Waals surface area contributed by atoms with Crippen molar-refractivity contribution in [2.75, 3.05) is 0 Å². The first-order valence-electron chi connectivity index (χ1n) is 10.4. The quantitative estimate of drug-likeness (QED) is 0.650. The zero-order valence-electron chi connectivity index (χ0n) is 16.2. The summed E-state index contributed by atoms with van der Waals surface area (Å²) in [5.74, 6) is 1.36. The predicted octanol–water partition coefficient (Wildman–Crippen LogP) is 6.05. The molecule has 2 N–H and O–H groups in total. The number of benzene rings is 2. The van der Waals surface area contributed by atoms with Gasteiger partial charge in [0.05, 0.1) is 0 Å². The third kappa shape index (κ3) is 3.50. The molecule has 2 atom stereocenters. The van der Waals surface area contributed by atoms with Gasteiger partial charge in [0.2, 0.25) is 0 Å². The topological polar surface area (TPSA) is 40.5 Å². The SMILES string of the molecule is CCC/C=C1/CC[C@@]2(Cc3ccc(O)cc3)c3ccc(O)cc3CCC2C1. The number of hydrogen-bond acceptors (Lipinski definition) is 2. The molecule has 0 aliphatic heterocycles. The van der Waals surface area contributed by atoms with Crippen molar-refractivity contribution in [2.24, 2.45) is 5.92 Å². The molecule has 2 aliphatic rings. The summed E-state index contributed by atoms with van der Waals surface area (Å²) in [6, 6.07) is 13.8. The van der Waals surface area contributed by atoms with E-state index in [2.05, 4.69) is 31.2 Å². The van der Waals surface area contributed by atoms with Gasteiger partial charge in [-0.15, -0.1) is 0 Å². The summed E-state index contributed by atoms with van der Waals surface area (Å²) in [5.41, 5.74) is 5.84. The van der Waals surface area contributed by atoms with Crippen molar-refractivity contribution in [3.8, 4) is 11.5 Å². The van der Waals surface area contributed by atoms with Crippen molar-refractivity contribution in [3.05, 3.63) is 70.8 Å². The Kier molecular flexibility index (Phi) is 4.99. The highest BCUT2D eigenvalue weighted by molar-refractivity contribution is 5.45. The molecule has 0 heterocycles. The summed E-state index contributed by atoms with van der Waals surface area (Å²) in [5, 5.41) is 19.7. The Morgan fingerprint density at radius 3 is 2.59 bits per heavy atom. The fraction of sp³-hybridized carbons (Fsp3) is 0.440. The smallest absolute Gasteiger partial charge is 0.115 e. The van der Waals surface area contributed by atoms with Crippen LogP contribution in [0.15, 0.2) is 54.1 Å². The molecule has 0 amide bonds. The molecule has 0 bridgehead atoms. The van der Waals surface area contributed by atoms with Gasteiger partial charge in [0.25, 0.3) is 0 Å². The van der Waals surface area contributed by atoms with E-state index < -0.39 is 0 Å². The van der Waals surface area contributed by atoms with Crippen molar-refractivity contribution >= 4 is 0 Å². The molecule has 0 saturated heterocycles. The fourth-order valence-electron chi connectivity index (χ4n) is 5.38. The molecular weight excluding hydrogens is 332 g/mol. The van der Waals surface area contributed by atoms with Gasteiger partial charge in [0.1, 0.15) is 11.5 Å². The molecule has 4 rings (SSSR count). The van der Waals surface area contributed by atoms with Crippen molar-refractivity contribution in [2.45, 2.75) is 63.7 Å². The van der Waals surface area contributed by atoms with E-state index in [0.29, 0.717) is 17.4 Å². The lowest BCUT2D eigenvalue weighted by molar-refractivity contribution is 0.186. The first-order valence-corrected chi connectivity index (χ1v) is 10.4. The second-order valence-electron chi connectivity index (χ2n) is 8.43. The molecule has 27 heavy (non-hydrogen) atoms. The van der Waals surface area contributed by atoms with Gasteiger partial charge in [-0.25, -0.2) is 0 Å². The van der Waals surface area contributed by atoms with Crippen LogP contribution in [0.3, 0.4) is 0 Å². The number of allylic oxidation sites excluding steroid dienone is 2. The molecule has 2 aliphatic carbocycles. The van der Waals surface area contributed by atoms with Gasteiger partial charge in [-0.1, -0.05) is 43.2 Å². The summed E-state index contributed by atoms with van der Waals surface area (Å²) < 4.78 is 0. The van der Waals surface area contributed by atoms with Crippen LogP contribution in [0.25, 0.3) is 0 Å². The van der Waals surface area contributed by atoms with E-state index in [0.717, 1.165) is 12.8 Å². The number of hydrogen-bond donors (Lipinski definition) is 2. The van der Waals surface area contributed by atoms with E-state index in [-0.39, 0.29) is 5.41 Å². The minimum Gasteiger partial charge on any atom is -0.508 e. The Morgan fingerprint density at radius 2 is 1.81 bits per heavy atom. The van der Waals surface area contributed by atoms with E-state index in [1.807, 2.05) is 12.1 Å². The number of phenols is 2. The maximum absolute atomic E-state index is 9.99. The third-order valence-electron chi connectivity index (χ3n) is 6.75. The Morgan fingerprint density at radius 1 is 1.04 bits per heavy atom. The number of phenolic OH excluding ortho intramolecular Hbond substituents is 2. The van der Waals surface area contributed by atoms with Crippen LogP contribution in [0.5, 0.6) is 11.5 Å². The molecule has 0 radical (unpaired) electrons.